The predicted octanol–water partition coefficient (Wildman–Crippen LogP) is 4.53. The Morgan fingerprint density at radius 2 is 1.40 bits per heavy atom. The maximum absolute atomic E-state index is 4.40. The van der Waals surface area contributed by atoms with Crippen LogP contribution in [0.4, 0.5) is 0 Å². The van der Waals surface area contributed by atoms with Crippen LogP contribution in [0.1, 0.15) is 22.3 Å². The summed E-state index contributed by atoms with van der Waals surface area (Å²) in [5.74, 6) is 0. The first-order valence-electron chi connectivity index (χ1n) is 6.86. The Labute approximate surface area is 119 Å². The number of hydrogen-bond acceptors (Lipinski definition) is 2. The Balaban J connectivity index is 2.36. The predicted molar refractivity (Wildman–Crippen MR) is 83.9 cm³/mol. The van der Waals surface area contributed by atoms with Crippen LogP contribution < -0.4 is 0 Å². The molecule has 0 bridgehead atoms. The zero-order valence-corrected chi connectivity index (χ0v) is 12.4. The molecule has 2 heteroatoms. The van der Waals surface area contributed by atoms with Gasteiger partial charge < -0.3 is 0 Å². The first-order valence-corrected chi connectivity index (χ1v) is 6.86. The number of benzene rings is 2. The zero-order chi connectivity index (χ0) is 14.3. The van der Waals surface area contributed by atoms with Crippen molar-refractivity contribution in [3.8, 4) is 11.3 Å². The fourth-order valence-corrected chi connectivity index (χ4v) is 2.94. The summed E-state index contributed by atoms with van der Waals surface area (Å²) in [6.45, 7) is 8.49. The van der Waals surface area contributed by atoms with Crippen LogP contribution in [0.2, 0.25) is 0 Å². The molecule has 0 aliphatic rings. The topological polar surface area (TPSA) is 25.8 Å². The maximum Gasteiger partial charge on any atom is 0.101 e. The van der Waals surface area contributed by atoms with Gasteiger partial charge in [0.05, 0.1) is 6.20 Å². The Morgan fingerprint density at radius 1 is 0.750 bits per heavy atom. The minimum Gasteiger partial charge on any atom is -0.158 e. The minimum atomic E-state index is 0.979. The molecule has 0 fully saturated rings. The van der Waals surface area contributed by atoms with E-state index < -0.39 is 0 Å². The highest BCUT2D eigenvalue weighted by Crippen LogP contribution is 2.30. The molecule has 2 nitrogen and oxygen atoms in total. The van der Waals surface area contributed by atoms with Gasteiger partial charge in [0.15, 0.2) is 0 Å². The third-order valence-electron chi connectivity index (χ3n) is 3.60. The molecule has 0 radical (unpaired) electrons. The number of nitrogens with zero attached hydrogens (tertiary/aromatic N) is 2. The highest BCUT2D eigenvalue weighted by Gasteiger charge is 2.10. The molecule has 0 unspecified atom stereocenters. The summed E-state index contributed by atoms with van der Waals surface area (Å²) in [6.07, 6.45) is 1.85. The SMILES string of the molecule is Cc1cc(C)cc(-c2nncc3cc(C)cc(C)c23)c1. The molecular weight excluding hydrogens is 244 g/mol. The quantitative estimate of drug-likeness (QED) is 0.644. The van der Waals surface area contributed by atoms with Gasteiger partial charge in [-0.25, -0.2) is 0 Å². The minimum absolute atomic E-state index is 0.979. The third kappa shape index (κ3) is 2.18. The molecule has 3 aromatic rings. The van der Waals surface area contributed by atoms with Crippen molar-refractivity contribution in [1.82, 2.24) is 10.2 Å². The lowest BCUT2D eigenvalue weighted by Crippen LogP contribution is -1.94. The van der Waals surface area contributed by atoms with E-state index in [-0.39, 0.29) is 0 Å². The molecule has 0 N–H and O–H groups in total. The van der Waals surface area contributed by atoms with Gasteiger partial charge in [-0.2, -0.15) is 5.10 Å². The summed E-state index contributed by atoms with van der Waals surface area (Å²) in [4.78, 5) is 0. The summed E-state index contributed by atoms with van der Waals surface area (Å²) in [6, 6.07) is 10.9. The summed E-state index contributed by atoms with van der Waals surface area (Å²) in [5, 5.41) is 10.9. The Morgan fingerprint density at radius 3 is 2.10 bits per heavy atom. The molecule has 0 spiro atoms. The largest absolute Gasteiger partial charge is 0.158 e. The fraction of sp³-hybridized carbons (Fsp3) is 0.222. The monoisotopic (exact) mass is 262 g/mol. The molecule has 0 amide bonds. The Kier molecular flexibility index (Phi) is 3.01. The lowest BCUT2D eigenvalue weighted by molar-refractivity contribution is 1.05. The average molecular weight is 262 g/mol. The summed E-state index contributed by atoms with van der Waals surface area (Å²) in [7, 11) is 0. The molecule has 100 valence electrons. The van der Waals surface area contributed by atoms with Crippen LogP contribution in [0.15, 0.2) is 36.5 Å². The molecule has 0 atom stereocenters. The van der Waals surface area contributed by atoms with Crippen molar-refractivity contribution in [2.24, 2.45) is 0 Å². The van der Waals surface area contributed by atoms with Gasteiger partial charge in [0.1, 0.15) is 5.69 Å². The van der Waals surface area contributed by atoms with Gasteiger partial charge in [-0.3, -0.25) is 0 Å². The average Bonchev–Trinajstić information content (AvgIpc) is 2.36. The maximum atomic E-state index is 4.40. The molecule has 1 aromatic heterocycles. The lowest BCUT2D eigenvalue weighted by atomic mass is 9.97. The van der Waals surface area contributed by atoms with E-state index in [0.29, 0.717) is 0 Å². The third-order valence-corrected chi connectivity index (χ3v) is 3.60. The van der Waals surface area contributed by atoms with Gasteiger partial charge in [-0.05, 0) is 51.5 Å². The van der Waals surface area contributed by atoms with Crippen molar-refractivity contribution < 1.29 is 0 Å². The van der Waals surface area contributed by atoms with Gasteiger partial charge in [0.25, 0.3) is 0 Å². The van der Waals surface area contributed by atoms with Crippen molar-refractivity contribution in [1.29, 1.82) is 0 Å². The van der Waals surface area contributed by atoms with E-state index in [1.807, 2.05) is 6.20 Å². The molecule has 0 saturated heterocycles. The van der Waals surface area contributed by atoms with Crippen LogP contribution in [0, 0.1) is 27.7 Å². The Bertz CT molecular complexity index is 784. The number of aryl methyl sites for hydroxylation is 4. The molecule has 20 heavy (non-hydrogen) atoms. The van der Waals surface area contributed by atoms with E-state index in [9.17, 15) is 0 Å². The second-order valence-electron chi connectivity index (χ2n) is 5.62. The summed E-state index contributed by atoms with van der Waals surface area (Å²) < 4.78 is 0. The zero-order valence-electron chi connectivity index (χ0n) is 12.4. The second-order valence-corrected chi connectivity index (χ2v) is 5.62. The molecule has 0 aliphatic heterocycles. The first-order chi connectivity index (χ1) is 9.54. The van der Waals surface area contributed by atoms with Gasteiger partial charge in [-0.1, -0.05) is 28.8 Å². The summed E-state index contributed by atoms with van der Waals surface area (Å²) >= 11 is 0. The van der Waals surface area contributed by atoms with E-state index in [1.54, 1.807) is 0 Å². The molecule has 1 heterocycles. The highest BCUT2D eigenvalue weighted by molar-refractivity contribution is 5.96. The summed E-state index contributed by atoms with van der Waals surface area (Å²) in [5.41, 5.74) is 7.14. The lowest BCUT2D eigenvalue weighted by Gasteiger charge is -2.10. The van der Waals surface area contributed by atoms with Crippen molar-refractivity contribution in [3.05, 3.63) is 58.8 Å². The van der Waals surface area contributed by atoms with Crippen LogP contribution in [0.25, 0.3) is 22.0 Å². The van der Waals surface area contributed by atoms with Gasteiger partial charge in [0, 0.05) is 16.3 Å². The van der Waals surface area contributed by atoms with E-state index in [4.69, 9.17) is 0 Å². The second kappa shape index (κ2) is 4.71. The molecule has 3 rings (SSSR count). The van der Waals surface area contributed by atoms with Crippen LogP contribution in [0.3, 0.4) is 0 Å². The molecule has 2 aromatic carbocycles. The number of aromatic nitrogens is 2. The number of fused-ring (bicyclic) bond motifs is 1. The van der Waals surface area contributed by atoms with Gasteiger partial charge in [-0.15, -0.1) is 5.10 Å². The van der Waals surface area contributed by atoms with Crippen molar-refractivity contribution in [3.63, 3.8) is 0 Å². The van der Waals surface area contributed by atoms with Crippen LogP contribution >= 0.6 is 0 Å². The number of hydrogen-bond donors (Lipinski definition) is 0. The first kappa shape index (κ1) is 12.8. The van der Waals surface area contributed by atoms with Crippen molar-refractivity contribution in [2.45, 2.75) is 27.7 Å². The standard InChI is InChI=1S/C18H18N2/c1-11-5-12(2)8-15(7-11)18-17-14(4)6-13(3)9-16(17)10-19-20-18/h5-10H,1-4H3. The molecule has 0 saturated carbocycles. The Hall–Kier alpha value is -2.22. The van der Waals surface area contributed by atoms with Crippen LogP contribution in [0.5, 0.6) is 0 Å². The highest BCUT2D eigenvalue weighted by atomic mass is 15.1. The van der Waals surface area contributed by atoms with Gasteiger partial charge >= 0.3 is 0 Å². The fourth-order valence-electron chi connectivity index (χ4n) is 2.94. The molecular formula is C18H18N2. The molecule has 0 aliphatic carbocycles. The van der Waals surface area contributed by atoms with Crippen LogP contribution in [-0.2, 0) is 0 Å². The number of rotatable bonds is 1. The van der Waals surface area contributed by atoms with E-state index in [2.05, 4.69) is 68.2 Å². The van der Waals surface area contributed by atoms with E-state index >= 15 is 0 Å². The van der Waals surface area contributed by atoms with Crippen molar-refractivity contribution in [2.75, 3.05) is 0 Å². The van der Waals surface area contributed by atoms with E-state index in [0.717, 1.165) is 16.6 Å². The van der Waals surface area contributed by atoms with Crippen molar-refractivity contribution >= 4 is 10.8 Å². The van der Waals surface area contributed by atoms with E-state index in [1.165, 1.54) is 27.6 Å². The normalized spacial score (nSPS) is 11.0. The smallest absolute Gasteiger partial charge is 0.101 e. The van der Waals surface area contributed by atoms with Gasteiger partial charge in [0.2, 0.25) is 0 Å². The van der Waals surface area contributed by atoms with Crippen LogP contribution in [-0.4, -0.2) is 10.2 Å².